The first-order valence-electron chi connectivity index (χ1n) is 11.7. The van der Waals surface area contributed by atoms with Gasteiger partial charge >= 0.3 is 5.97 Å². The molecule has 1 heterocycles. The van der Waals surface area contributed by atoms with Gasteiger partial charge in [-0.1, -0.05) is 43.7 Å². The van der Waals surface area contributed by atoms with Crippen LogP contribution in [0.25, 0.3) is 0 Å². The number of carbonyl (C=O) groups is 1. The van der Waals surface area contributed by atoms with Crippen molar-refractivity contribution in [3.8, 4) is 0 Å². The Labute approximate surface area is 189 Å². The third-order valence-electron chi connectivity index (χ3n) is 6.54. The Morgan fingerprint density at radius 1 is 1.31 bits per heavy atom. The largest absolute Gasteiger partial charge is 0.463 e. The lowest BCUT2D eigenvalue weighted by Gasteiger charge is -2.39. The van der Waals surface area contributed by atoms with Crippen molar-refractivity contribution in [1.82, 2.24) is 4.57 Å². The molecular weight excluding hydrogens is 414 g/mol. The second-order valence-electron chi connectivity index (χ2n) is 8.86. The van der Waals surface area contributed by atoms with Crippen LogP contribution in [0.1, 0.15) is 63.3 Å². The molecule has 0 radical (unpaired) electrons. The molecule has 1 aliphatic rings. The second kappa shape index (κ2) is 10.6. The lowest BCUT2D eigenvalue weighted by Crippen LogP contribution is -2.48. The zero-order valence-corrected chi connectivity index (χ0v) is 19.1. The smallest absolute Gasteiger partial charge is 0.343 e. The number of aryl methyl sites for hydroxylation is 2. The van der Waals surface area contributed by atoms with Crippen LogP contribution >= 0.6 is 0 Å². The third-order valence-corrected chi connectivity index (χ3v) is 6.54. The summed E-state index contributed by atoms with van der Waals surface area (Å²) in [7, 11) is 0. The number of hydrogen-bond acceptors (Lipinski definition) is 3. The molecule has 2 aromatic rings. The lowest BCUT2D eigenvalue weighted by atomic mass is 9.72. The number of ether oxygens (including phenoxy) is 1. The number of nitrogens with zero attached hydrogens (tertiary/aromatic N) is 2. The minimum atomic E-state index is -2.88. The van der Waals surface area contributed by atoms with E-state index in [1.807, 2.05) is 6.20 Å². The highest BCUT2D eigenvalue weighted by atomic mass is 19.3. The number of unbranched alkanes of at least 4 members (excludes halogenated alkanes) is 1. The van der Waals surface area contributed by atoms with E-state index in [-0.39, 0.29) is 19.4 Å². The zero-order valence-electron chi connectivity index (χ0n) is 19.1. The fourth-order valence-corrected chi connectivity index (χ4v) is 4.59. The number of benzene rings is 1. The Balaban J connectivity index is 1.64. The van der Waals surface area contributed by atoms with Crippen LogP contribution in [0.5, 0.6) is 0 Å². The number of halogens is 2. The van der Waals surface area contributed by atoms with Crippen molar-refractivity contribution in [2.45, 2.75) is 83.4 Å². The molecule has 176 valence electrons. The molecule has 1 aliphatic carbocycles. The fourth-order valence-electron chi connectivity index (χ4n) is 4.59. The molecule has 0 saturated heterocycles. The van der Waals surface area contributed by atoms with E-state index in [4.69, 9.17) is 4.74 Å². The molecule has 32 heavy (non-hydrogen) atoms. The van der Waals surface area contributed by atoms with E-state index >= 15 is 0 Å². The Bertz CT molecular complexity index is 885. The Morgan fingerprint density at radius 3 is 2.75 bits per heavy atom. The SMILES string of the molecule is CCCCn1cc[n+](CCCOC(=O)[C@](O)(c2ccccc2)[C@@H]2CCCC(F)(F)C2)c1C. The molecule has 5 nitrogen and oxygen atoms in total. The molecule has 1 aromatic carbocycles. The van der Waals surface area contributed by atoms with E-state index in [1.54, 1.807) is 30.3 Å². The molecule has 1 saturated carbocycles. The first-order valence-corrected chi connectivity index (χ1v) is 11.7. The summed E-state index contributed by atoms with van der Waals surface area (Å²) >= 11 is 0. The van der Waals surface area contributed by atoms with Crippen LogP contribution in [0.3, 0.4) is 0 Å². The minimum absolute atomic E-state index is 0.115. The van der Waals surface area contributed by atoms with E-state index in [1.165, 1.54) is 0 Å². The van der Waals surface area contributed by atoms with Gasteiger partial charge in [0.2, 0.25) is 5.92 Å². The highest BCUT2D eigenvalue weighted by molar-refractivity contribution is 5.81. The van der Waals surface area contributed by atoms with E-state index in [0.717, 1.165) is 25.2 Å². The molecule has 1 fully saturated rings. The van der Waals surface area contributed by atoms with Crippen molar-refractivity contribution < 1.29 is 28.0 Å². The van der Waals surface area contributed by atoms with Crippen LogP contribution in [0, 0.1) is 12.8 Å². The summed E-state index contributed by atoms with van der Waals surface area (Å²) in [5, 5.41) is 11.4. The molecule has 0 unspecified atom stereocenters. The number of esters is 1. The van der Waals surface area contributed by atoms with Gasteiger partial charge in [0.15, 0.2) is 5.60 Å². The van der Waals surface area contributed by atoms with Gasteiger partial charge < -0.3 is 9.84 Å². The lowest BCUT2D eigenvalue weighted by molar-refractivity contribution is -0.702. The van der Waals surface area contributed by atoms with Gasteiger partial charge in [-0.15, -0.1) is 0 Å². The molecular formula is C25H35F2N2O3+. The van der Waals surface area contributed by atoms with E-state index in [2.05, 4.69) is 29.2 Å². The molecule has 3 rings (SSSR count). The number of aliphatic hydroxyl groups is 1. The van der Waals surface area contributed by atoms with Gasteiger partial charge in [0.05, 0.1) is 19.7 Å². The molecule has 7 heteroatoms. The van der Waals surface area contributed by atoms with E-state index in [9.17, 15) is 18.7 Å². The molecule has 0 bridgehead atoms. The van der Waals surface area contributed by atoms with Crippen LogP contribution in [0.2, 0.25) is 0 Å². The average Bonchev–Trinajstić information content (AvgIpc) is 3.13. The highest BCUT2D eigenvalue weighted by Crippen LogP contribution is 2.45. The molecule has 1 aromatic heterocycles. The van der Waals surface area contributed by atoms with Crippen molar-refractivity contribution in [3.63, 3.8) is 0 Å². The predicted octanol–water partition coefficient (Wildman–Crippen LogP) is 4.53. The zero-order chi connectivity index (χ0) is 23.2. The third kappa shape index (κ3) is 5.55. The first kappa shape index (κ1) is 24.4. The van der Waals surface area contributed by atoms with Crippen molar-refractivity contribution in [2.24, 2.45) is 5.92 Å². The topological polar surface area (TPSA) is 55.3 Å². The maximum absolute atomic E-state index is 14.1. The summed E-state index contributed by atoms with van der Waals surface area (Å²) in [6, 6.07) is 8.35. The number of imidazole rings is 1. The molecule has 2 atom stereocenters. The van der Waals surface area contributed by atoms with Crippen molar-refractivity contribution in [3.05, 3.63) is 54.1 Å². The molecule has 0 amide bonds. The van der Waals surface area contributed by atoms with Gasteiger partial charge in [-0.05, 0) is 24.8 Å². The summed E-state index contributed by atoms with van der Waals surface area (Å²) in [6.07, 6.45) is 6.77. The number of rotatable bonds is 10. The van der Waals surface area contributed by atoms with Crippen LogP contribution < -0.4 is 4.57 Å². The highest BCUT2D eigenvalue weighted by Gasteiger charge is 2.52. The van der Waals surface area contributed by atoms with Gasteiger partial charge in [-0.25, -0.2) is 22.7 Å². The number of carbonyl (C=O) groups excluding carboxylic acids is 1. The van der Waals surface area contributed by atoms with Gasteiger partial charge in [0.25, 0.3) is 5.82 Å². The number of alkyl halides is 2. The summed E-state index contributed by atoms with van der Waals surface area (Å²) in [5.41, 5.74) is -1.76. The molecule has 1 N–H and O–H groups in total. The first-order chi connectivity index (χ1) is 15.3. The minimum Gasteiger partial charge on any atom is -0.463 e. The van der Waals surface area contributed by atoms with E-state index in [0.29, 0.717) is 24.9 Å². The maximum atomic E-state index is 14.1. The fraction of sp³-hybridized carbons (Fsp3) is 0.600. The normalized spacial score (nSPS) is 20.0. The Hall–Kier alpha value is -2.28. The van der Waals surface area contributed by atoms with Gasteiger partial charge in [0, 0.05) is 32.1 Å². The van der Waals surface area contributed by atoms with Crippen LogP contribution in [0.4, 0.5) is 8.78 Å². The quantitative estimate of drug-likeness (QED) is 0.329. The molecule has 0 aliphatic heterocycles. The summed E-state index contributed by atoms with van der Waals surface area (Å²) in [6.45, 7) is 5.97. The Kier molecular flexibility index (Phi) is 8.04. The van der Waals surface area contributed by atoms with Gasteiger partial charge in [-0.3, -0.25) is 0 Å². The van der Waals surface area contributed by atoms with Gasteiger partial charge in [-0.2, -0.15) is 0 Å². The van der Waals surface area contributed by atoms with Crippen LogP contribution in [-0.4, -0.2) is 28.2 Å². The van der Waals surface area contributed by atoms with Crippen molar-refractivity contribution >= 4 is 5.97 Å². The number of aromatic nitrogens is 2. The van der Waals surface area contributed by atoms with E-state index < -0.39 is 29.8 Å². The monoisotopic (exact) mass is 449 g/mol. The summed E-state index contributed by atoms with van der Waals surface area (Å²) in [5.74, 6) is -3.47. The van der Waals surface area contributed by atoms with Crippen molar-refractivity contribution in [1.29, 1.82) is 0 Å². The standard InChI is InChI=1S/C25H35F2N2O3/c1-3-4-14-28-16-17-29(20(28)2)15-9-18-32-23(30)25(31,21-10-6-5-7-11-21)22-12-8-13-24(26,27)19-22/h5-7,10-11,16-17,22,31H,3-4,8-9,12-15,18-19H2,1-2H3/q+1/t22-,25+/m1/s1. The van der Waals surface area contributed by atoms with Crippen LogP contribution in [-0.2, 0) is 28.2 Å². The number of hydrogen-bond donors (Lipinski definition) is 1. The maximum Gasteiger partial charge on any atom is 0.343 e. The summed E-state index contributed by atoms with van der Waals surface area (Å²) < 4.78 is 38.0. The molecule has 0 spiro atoms. The van der Waals surface area contributed by atoms with Crippen LogP contribution in [0.15, 0.2) is 42.7 Å². The van der Waals surface area contributed by atoms with Gasteiger partial charge in [0.1, 0.15) is 12.4 Å². The average molecular weight is 450 g/mol. The summed E-state index contributed by atoms with van der Waals surface area (Å²) in [4.78, 5) is 13.0. The van der Waals surface area contributed by atoms with Crippen molar-refractivity contribution in [2.75, 3.05) is 6.61 Å². The second-order valence-corrected chi connectivity index (χ2v) is 8.86. The predicted molar refractivity (Wildman–Crippen MR) is 117 cm³/mol. The Morgan fingerprint density at radius 2 is 2.06 bits per heavy atom.